The maximum absolute atomic E-state index is 11.4. The number of fused-ring (bicyclic) bond motifs is 1. The lowest BCUT2D eigenvalue weighted by Gasteiger charge is -2.07. The van der Waals surface area contributed by atoms with Gasteiger partial charge in [0.1, 0.15) is 0 Å². The number of nitrogens with two attached hydrogens (primary N) is 1. The molecule has 0 aliphatic carbocycles. The van der Waals surface area contributed by atoms with Crippen molar-refractivity contribution in [1.82, 2.24) is 4.57 Å². The average molecular weight is 295 g/mol. The number of amides is 1. The SMILES string of the molecule is CC(C)Cn1cc(C(N)=O)c2cc(Br)ccc21. The van der Waals surface area contributed by atoms with Crippen molar-refractivity contribution in [3.05, 3.63) is 34.4 Å². The molecule has 1 aromatic carbocycles. The van der Waals surface area contributed by atoms with Gasteiger partial charge in [0.2, 0.25) is 0 Å². The van der Waals surface area contributed by atoms with E-state index in [9.17, 15) is 4.79 Å². The molecule has 0 spiro atoms. The molecule has 1 aromatic heterocycles. The second-order valence-corrected chi connectivity index (χ2v) is 5.53. The van der Waals surface area contributed by atoms with Gasteiger partial charge >= 0.3 is 0 Å². The van der Waals surface area contributed by atoms with Crippen LogP contribution in [-0.4, -0.2) is 10.5 Å². The highest BCUT2D eigenvalue weighted by Gasteiger charge is 2.13. The molecule has 3 nitrogen and oxygen atoms in total. The van der Waals surface area contributed by atoms with Gasteiger partial charge in [0.05, 0.1) is 5.56 Å². The van der Waals surface area contributed by atoms with Crippen LogP contribution in [0.2, 0.25) is 0 Å². The highest BCUT2D eigenvalue weighted by molar-refractivity contribution is 9.10. The van der Waals surface area contributed by atoms with Crippen LogP contribution in [0.25, 0.3) is 10.9 Å². The Labute approximate surface area is 109 Å². The van der Waals surface area contributed by atoms with E-state index in [1.54, 1.807) is 0 Å². The van der Waals surface area contributed by atoms with Gasteiger partial charge in [-0.1, -0.05) is 29.8 Å². The van der Waals surface area contributed by atoms with Crippen molar-refractivity contribution in [1.29, 1.82) is 0 Å². The van der Waals surface area contributed by atoms with E-state index in [4.69, 9.17) is 5.73 Å². The van der Waals surface area contributed by atoms with Crippen LogP contribution in [0, 0.1) is 5.92 Å². The highest BCUT2D eigenvalue weighted by atomic mass is 79.9. The van der Waals surface area contributed by atoms with Crippen LogP contribution < -0.4 is 5.73 Å². The minimum absolute atomic E-state index is 0.379. The Morgan fingerprint density at radius 2 is 2.18 bits per heavy atom. The van der Waals surface area contributed by atoms with Crippen LogP contribution in [0.3, 0.4) is 0 Å². The molecule has 2 N–H and O–H groups in total. The Morgan fingerprint density at radius 3 is 2.76 bits per heavy atom. The maximum Gasteiger partial charge on any atom is 0.250 e. The van der Waals surface area contributed by atoms with Crippen molar-refractivity contribution < 1.29 is 4.79 Å². The molecule has 0 radical (unpaired) electrons. The first-order valence-corrected chi connectivity index (χ1v) is 6.36. The summed E-state index contributed by atoms with van der Waals surface area (Å²) in [5, 5.41) is 0.910. The Balaban J connectivity index is 2.66. The molecule has 1 amide bonds. The number of benzene rings is 1. The Hall–Kier alpha value is -1.29. The van der Waals surface area contributed by atoms with Crippen LogP contribution in [0.5, 0.6) is 0 Å². The van der Waals surface area contributed by atoms with E-state index in [1.807, 2.05) is 24.4 Å². The number of hydrogen-bond donors (Lipinski definition) is 1. The summed E-state index contributed by atoms with van der Waals surface area (Å²) < 4.78 is 3.04. The minimum Gasteiger partial charge on any atom is -0.366 e. The third-order valence-corrected chi connectivity index (χ3v) is 3.16. The van der Waals surface area contributed by atoms with Crippen LogP contribution in [-0.2, 0) is 6.54 Å². The van der Waals surface area contributed by atoms with Gasteiger partial charge in [-0.25, -0.2) is 0 Å². The second kappa shape index (κ2) is 4.53. The number of carbonyl (C=O) groups excluding carboxylic acids is 1. The molecule has 2 rings (SSSR count). The van der Waals surface area contributed by atoms with Gasteiger partial charge in [0.25, 0.3) is 5.91 Å². The molecule has 0 atom stereocenters. The van der Waals surface area contributed by atoms with Gasteiger partial charge < -0.3 is 10.3 Å². The van der Waals surface area contributed by atoms with E-state index >= 15 is 0 Å². The van der Waals surface area contributed by atoms with Gasteiger partial charge in [-0.2, -0.15) is 0 Å². The monoisotopic (exact) mass is 294 g/mol. The number of aromatic nitrogens is 1. The largest absolute Gasteiger partial charge is 0.366 e. The van der Waals surface area contributed by atoms with Crippen molar-refractivity contribution in [3.63, 3.8) is 0 Å². The van der Waals surface area contributed by atoms with E-state index in [2.05, 4.69) is 34.3 Å². The van der Waals surface area contributed by atoms with Gasteiger partial charge in [-0.3, -0.25) is 4.79 Å². The van der Waals surface area contributed by atoms with E-state index in [0.29, 0.717) is 11.5 Å². The topological polar surface area (TPSA) is 48.0 Å². The molecule has 0 unspecified atom stereocenters. The van der Waals surface area contributed by atoms with Crippen LogP contribution in [0.1, 0.15) is 24.2 Å². The molecule has 0 fully saturated rings. The predicted molar refractivity (Wildman–Crippen MR) is 73.0 cm³/mol. The maximum atomic E-state index is 11.4. The quantitative estimate of drug-likeness (QED) is 0.929. The number of rotatable bonds is 3. The number of hydrogen-bond acceptors (Lipinski definition) is 1. The van der Waals surface area contributed by atoms with Crippen molar-refractivity contribution in [2.45, 2.75) is 20.4 Å². The molecule has 4 heteroatoms. The third-order valence-electron chi connectivity index (χ3n) is 2.67. The number of nitrogens with zero attached hydrogens (tertiary/aromatic N) is 1. The van der Waals surface area contributed by atoms with E-state index in [0.717, 1.165) is 21.9 Å². The number of carbonyl (C=O) groups is 1. The summed E-state index contributed by atoms with van der Waals surface area (Å²) in [4.78, 5) is 11.4. The summed E-state index contributed by atoms with van der Waals surface area (Å²) in [6.45, 7) is 5.18. The predicted octanol–water partition coefficient (Wildman–Crippen LogP) is 3.16. The van der Waals surface area contributed by atoms with Gasteiger partial charge in [-0.05, 0) is 24.1 Å². The number of halogens is 1. The molecular formula is C13H15BrN2O. The molecular weight excluding hydrogens is 280 g/mol. The average Bonchev–Trinajstić information content (AvgIpc) is 2.55. The van der Waals surface area contributed by atoms with Crippen molar-refractivity contribution in [2.75, 3.05) is 0 Å². The summed E-state index contributed by atoms with van der Waals surface area (Å²) in [6.07, 6.45) is 1.85. The van der Waals surface area contributed by atoms with Gasteiger partial charge in [0, 0.05) is 28.1 Å². The number of primary amides is 1. The normalized spacial score (nSPS) is 11.3. The van der Waals surface area contributed by atoms with Gasteiger partial charge in [0.15, 0.2) is 0 Å². The van der Waals surface area contributed by atoms with Crippen LogP contribution in [0.4, 0.5) is 0 Å². The zero-order valence-corrected chi connectivity index (χ0v) is 11.5. The molecule has 17 heavy (non-hydrogen) atoms. The van der Waals surface area contributed by atoms with E-state index < -0.39 is 0 Å². The van der Waals surface area contributed by atoms with Crippen molar-refractivity contribution >= 4 is 32.7 Å². The molecule has 2 aromatic rings. The van der Waals surface area contributed by atoms with Crippen LogP contribution >= 0.6 is 15.9 Å². The zero-order chi connectivity index (χ0) is 12.6. The summed E-state index contributed by atoms with van der Waals surface area (Å²) in [7, 11) is 0. The van der Waals surface area contributed by atoms with Gasteiger partial charge in [-0.15, -0.1) is 0 Å². The molecule has 0 saturated carbocycles. The van der Waals surface area contributed by atoms with Crippen molar-refractivity contribution in [2.24, 2.45) is 11.7 Å². The highest BCUT2D eigenvalue weighted by Crippen LogP contribution is 2.25. The molecule has 90 valence electrons. The lowest BCUT2D eigenvalue weighted by molar-refractivity contribution is 0.100. The zero-order valence-electron chi connectivity index (χ0n) is 9.90. The Bertz CT molecular complexity index is 572. The van der Waals surface area contributed by atoms with Crippen LogP contribution in [0.15, 0.2) is 28.9 Å². The summed E-state index contributed by atoms with van der Waals surface area (Å²) in [5.41, 5.74) is 7.04. The molecule has 0 saturated heterocycles. The Morgan fingerprint density at radius 1 is 1.47 bits per heavy atom. The summed E-state index contributed by atoms with van der Waals surface area (Å²) in [6, 6.07) is 5.92. The smallest absolute Gasteiger partial charge is 0.250 e. The minimum atomic E-state index is -0.379. The molecule has 0 aliphatic rings. The van der Waals surface area contributed by atoms with Crippen molar-refractivity contribution in [3.8, 4) is 0 Å². The molecule has 0 aliphatic heterocycles. The lowest BCUT2D eigenvalue weighted by Crippen LogP contribution is -2.10. The first-order chi connectivity index (χ1) is 7.99. The first-order valence-electron chi connectivity index (χ1n) is 5.57. The molecule has 0 bridgehead atoms. The third kappa shape index (κ3) is 2.36. The lowest BCUT2D eigenvalue weighted by atomic mass is 10.2. The molecule has 1 heterocycles. The fourth-order valence-corrected chi connectivity index (χ4v) is 2.37. The Kier molecular flexibility index (Phi) is 3.24. The fraction of sp³-hybridized carbons (Fsp3) is 0.308. The summed E-state index contributed by atoms with van der Waals surface area (Å²) >= 11 is 3.41. The second-order valence-electron chi connectivity index (χ2n) is 4.61. The van der Waals surface area contributed by atoms with E-state index in [-0.39, 0.29) is 5.91 Å². The standard InChI is InChI=1S/C13H15BrN2O/c1-8(2)6-16-7-11(13(15)17)10-5-9(14)3-4-12(10)16/h3-5,7-8H,6H2,1-2H3,(H2,15,17). The summed E-state index contributed by atoms with van der Waals surface area (Å²) in [5.74, 6) is 0.144. The first kappa shape index (κ1) is 12.2. The fourth-order valence-electron chi connectivity index (χ4n) is 2.01. The van der Waals surface area contributed by atoms with E-state index in [1.165, 1.54) is 0 Å².